The van der Waals surface area contributed by atoms with E-state index >= 15 is 0 Å². The molecule has 0 amide bonds. The third-order valence-corrected chi connectivity index (χ3v) is 3.22. The van der Waals surface area contributed by atoms with Crippen molar-refractivity contribution in [2.75, 3.05) is 40.3 Å². The Morgan fingerprint density at radius 2 is 1.59 bits per heavy atom. The van der Waals surface area contributed by atoms with Crippen molar-refractivity contribution >= 4 is 0 Å². The van der Waals surface area contributed by atoms with Crippen LogP contribution in [0.15, 0.2) is 54.6 Å². The largest absolute Gasteiger partial charge is 0.488 e. The van der Waals surface area contributed by atoms with E-state index in [2.05, 4.69) is 19.4 Å². The van der Waals surface area contributed by atoms with Crippen LogP contribution in [-0.2, 0) is 0 Å². The summed E-state index contributed by atoms with van der Waals surface area (Å²) >= 11 is 0. The van der Waals surface area contributed by atoms with Gasteiger partial charge in [-0.05, 0) is 24.3 Å². The van der Waals surface area contributed by atoms with Crippen LogP contribution < -0.4 is 19.7 Å². The molecule has 0 aliphatic rings. The molecule has 0 spiro atoms. The summed E-state index contributed by atoms with van der Waals surface area (Å²) < 4.78 is 11.6. The minimum atomic E-state index is 0.706. The molecule has 118 valence electrons. The molecule has 0 unspecified atom stereocenters. The van der Waals surface area contributed by atoms with Crippen LogP contribution in [-0.4, -0.2) is 40.3 Å². The minimum absolute atomic E-state index is 0.706. The van der Waals surface area contributed by atoms with Gasteiger partial charge < -0.3 is 19.7 Å². The molecule has 0 heterocycles. The fourth-order valence-electron chi connectivity index (χ4n) is 2.05. The zero-order chi connectivity index (χ0) is 15.6. The summed E-state index contributed by atoms with van der Waals surface area (Å²) in [4.78, 5) is 1.47. The first-order valence-electron chi connectivity index (χ1n) is 7.80. The van der Waals surface area contributed by atoms with Gasteiger partial charge in [-0.2, -0.15) is 0 Å². The highest BCUT2D eigenvalue weighted by Gasteiger charge is 2.01. The van der Waals surface area contributed by atoms with Crippen LogP contribution in [0.2, 0.25) is 0 Å². The zero-order valence-electron chi connectivity index (χ0n) is 13.4. The Bertz CT molecular complexity index is 544. The number of benzene rings is 2. The first kappa shape index (κ1) is 16.3. The number of rotatable bonds is 9. The SMILES string of the molecule is C[NH+](C)CC[NH2+]CCOc1cccc(Oc2ccccc2)c1. The van der Waals surface area contributed by atoms with E-state index in [1.54, 1.807) is 0 Å². The highest BCUT2D eigenvalue weighted by molar-refractivity contribution is 5.36. The lowest BCUT2D eigenvalue weighted by Crippen LogP contribution is -3.09. The molecule has 0 atom stereocenters. The molecular weight excluding hydrogens is 276 g/mol. The molecule has 2 rings (SSSR count). The van der Waals surface area contributed by atoms with E-state index in [1.165, 1.54) is 11.4 Å². The van der Waals surface area contributed by atoms with Crippen LogP contribution in [0.5, 0.6) is 17.2 Å². The van der Waals surface area contributed by atoms with Gasteiger partial charge in [-0.25, -0.2) is 0 Å². The van der Waals surface area contributed by atoms with Gasteiger partial charge in [-0.1, -0.05) is 24.3 Å². The third-order valence-electron chi connectivity index (χ3n) is 3.22. The molecule has 4 nitrogen and oxygen atoms in total. The van der Waals surface area contributed by atoms with E-state index in [9.17, 15) is 0 Å². The predicted molar refractivity (Wildman–Crippen MR) is 87.8 cm³/mol. The monoisotopic (exact) mass is 302 g/mol. The number of nitrogens with two attached hydrogens (primary N) is 1. The average Bonchev–Trinajstić information content (AvgIpc) is 2.52. The number of quaternary nitrogens is 2. The number of hydrogen-bond donors (Lipinski definition) is 2. The summed E-state index contributed by atoms with van der Waals surface area (Å²) in [6.07, 6.45) is 0. The Balaban J connectivity index is 1.74. The van der Waals surface area contributed by atoms with Crippen LogP contribution in [0.3, 0.4) is 0 Å². The van der Waals surface area contributed by atoms with E-state index < -0.39 is 0 Å². The molecule has 4 heteroatoms. The van der Waals surface area contributed by atoms with Crippen molar-refractivity contribution in [2.24, 2.45) is 0 Å². The minimum Gasteiger partial charge on any atom is -0.488 e. The van der Waals surface area contributed by atoms with Gasteiger partial charge in [0.2, 0.25) is 0 Å². The van der Waals surface area contributed by atoms with Crippen molar-refractivity contribution in [1.29, 1.82) is 0 Å². The quantitative estimate of drug-likeness (QED) is 0.665. The predicted octanol–water partition coefficient (Wildman–Crippen LogP) is 0.566. The van der Waals surface area contributed by atoms with Gasteiger partial charge in [0.15, 0.2) is 0 Å². The van der Waals surface area contributed by atoms with Gasteiger partial charge in [0.25, 0.3) is 0 Å². The Morgan fingerprint density at radius 1 is 0.864 bits per heavy atom. The summed E-state index contributed by atoms with van der Waals surface area (Å²) in [6.45, 7) is 3.97. The second kappa shape index (κ2) is 9.07. The molecule has 2 aromatic rings. The molecule has 22 heavy (non-hydrogen) atoms. The molecular formula is C18H26N2O2+2. The van der Waals surface area contributed by atoms with Crippen molar-refractivity contribution in [3.05, 3.63) is 54.6 Å². The van der Waals surface area contributed by atoms with Gasteiger partial charge in [0, 0.05) is 6.07 Å². The Labute approximate surface area is 132 Å². The second-order valence-electron chi connectivity index (χ2n) is 5.56. The molecule has 2 aromatic carbocycles. The number of nitrogens with one attached hydrogen (secondary N) is 1. The summed E-state index contributed by atoms with van der Waals surface area (Å²) in [5, 5.41) is 2.29. The highest BCUT2D eigenvalue weighted by Crippen LogP contribution is 2.24. The molecule has 0 aromatic heterocycles. The number of para-hydroxylation sites is 1. The van der Waals surface area contributed by atoms with Crippen molar-refractivity contribution < 1.29 is 19.7 Å². The van der Waals surface area contributed by atoms with Crippen molar-refractivity contribution in [1.82, 2.24) is 0 Å². The van der Waals surface area contributed by atoms with Crippen LogP contribution >= 0.6 is 0 Å². The Morgan fingerprint density at radius 3 is 2.36 bits per heavy atom. The van der Waals surface area contributed by atoms with Gasteiger partial charge in [-0.3, -0.25) is 0 Å². The Kier molecular flexibility index (Phi) is 6.74. The fourth-order valence-corrected chi connectivity index (χ4v) is 2.05. The normalized spacial score (nSPS) is 10.7. The molecule has 0 saturated carbocycles. The molecule has 0 aliphatic carbocycles. The van der Waals surface area contributed by atoms with Crippen LogP contribution in [0.25, 0.3) is 0 Å². The second-order valence-corrected chi connectivity index (χ2v) is 5.56. The number of ether oxygens (including phenoxy) is 2. The standard InChI is InChI=1S/C18H24N2O2/c1-20(2)13-11-19-12-14-21-17-9-6-10-18(15-17)22-16-7-4-3-5-8-16/h3-10,15,19H,11-14H2,1-2H3/p+2. The lowest BCUT2D eigenvalue weighted by molar-refractivity contribution is -0.874. The lowest BCUT2D eigenvalue weighted by atomic mass is 10.3. The maximum absolute atomic E-state index is 5.80. The Hall–Kier alpha value is -2.04. The van der Waals surface area contributed by atoms with E-state index in [0.29, 0.717) is 6.61 Å². The smallest absolute Gasteiger partial charge is 0.137 e. The maximum Gasteiger partial charge on any atom is 0.137 e. The zero-order valence-corrected chi connectivity index (χ0v) is 13.4. The highest BCUT2D eigenvalue weighted by atomic mass is 16.5. The lowest BCUT2D eigenvalue weighted by Gasteiger charge is -2.09. The summed E-state index contributed by atoms with van der Waals surface area (Å²) in [6, 6.07) is 17.5. The summed E-state index contributed by atoms with van der Waals surface area (Å²) in [7, 11) is 4.34. The molecule has 0 bridgehead atoms. The fraction of sp³-hybridized carbons (Fsp3) is 0.333. The van der Waals surface area contributed by atoms with Gasteiger partial charge >= 0.3 is 0 Å². The summed E-state index contributed by atoms with van der Waals surface area (Å²) in [5.74, 6) is 2.48. The average molecular weight is 302 g/mol. The van der Waals surface area contributed by atoms with E-state index in [1.807, 2.05) is 54.6 Å². The van der Waals surface area contributed by atoms with Crippen LogP contribution in [0.4, 0.5) is 0 Å². The topological polar surface area (TPSA) is 39.5 Å². The van der Waals surface area contributed by atoms with Crippen molar-refractivity contribution in [3.63, 3.8) is 0 Å². The number of hydrogen-bond acceptors (Lipinski definition) is 2. The molecule has 0 aliphatic heterocycles. The van der Waals surface area contributed by atoms with E-state index in [0.717, 1.165) is 30.3 Å². The van der Waals surface area contributed by atoms with E-state index in [4.69, 9.17) is 9.47 Å². The van der Waals surface area contributed by atoms with Gasteiger partial charge in [0.05, 0.1) is 14.1 Å². The van der Waals surface area contributed by atoms with Gasteiger partial charge in [-0.15, -0.1) is 0 Å². The summed E-state index contributed by atoms with van der Waals surface area (Å²) in [5.41, 5.74) is 0. The molecule has 0 fully saturated rings. The van der Waals surface area contributed by atoms with Crippen molar-refractivity contribution in [2.45, 2.75) is 0 Å². The van der Waals surface area contributed by atoms with Gasteiger partial charge in [0.1, 0.15) is 43.5 Å². The number of likely N-dealkylation sites (N-methyl/N-ethyl adjacent to an activating group) is 1. The van der Waals surface area contributed by atoms with Crippen LogP contribution in [0.1, 0.15) is 0 Å². The van der Waals surface area contributed by atoms with E-state index in [-0.39, 0.29) is 0 Å². The maximum atomic E-state index is 5.80. The van der Waals surface area contributed by atoms with Crippen molar-refractivity contribution in [3.8, 4) is 17.2 Å². The first-order chi connectivity index (χ1) is 10.7. The van der Waals surface area contributed by atoms with Crippen LogP contribution in [0, 0.1) is 0 Å². The third kappa shape index (κ3) is 6.16. The molecule has 0 radical (unpaired) electrons. The molecule has 0 saturated heterocycles. The molecule has 3 N–H and O–H groups in total. The first-order valence-corrected chi connectivity index (χ1v) is 7.80.